The molecular weight excluding hydrogens is 376 g/mol. The second-order valence-electron chi connectivity index (χ2n) is 8.54. The van der Waals surface area contributed by atoms with Gasteiger partial charge in [-0.15, -0.1) is 0 Å². The van der Waals surface area contributed by atoms with Gasteiger partial charge < -0.3 is 9.80 Å². The molecule has 0 aromatic heterocycles. The number of allylic oxidation sites excluding steroid dienone is 4. The molecule has 0 aliphatic rings. The monoisotopic (exact) mass is 422 g/mol. The first kappa shape index (κ1) is 26.8. The van der Waals surface area contributed by atoms with Gasteiger partial charge in [0.1, 0.15) is 0 Å². The summed E-state index contributed by atoms with van der Waals surface area (Å²) >= 11 is 0. The zero-order valence-corrected chi connectivity index (χ0v) is 21.2. The molecule has 0 spiro atoms. The number of hydrogen-bond acceptors (Lipinski definition) is 2. The van der Waals surface area contributed by atoms with E-state index < -0.39 is 0 Å². The third-order valence-electron chi connectivity index (χ3n) is 5.80. The van der Waals surface area contributed by atoms with E-state index in [1.165, 1.54) is 61.9 Å². The lowest BCUT2D eigenvalue weighted by Crippen LogP contribution is -2.28. The van der Waals surface area contributed by atoms with Gasteiger partial charge in [-0.05, 0) is 58.1 Å². The summed E-state index contributed by atoms with van der Waals surface area (Å²) in [4.78, 5) is 4.56. The first-order valence-corrected chi connectivity index (χ1v) is 12.2. The standard InChI is InChI=1S/C29H46N2/c1-8-14-15-16-21-29(7,20-9-2)28-26(30(22-10-3)23-11-4)18-17-19-27(28)31(24-12-5)25-13-6/h10-13,17-19,22-25H,8-9,14-16,20-21H2,1-7H3/b22-10-,23-11-,24-12-,25-13-. The van der Waals surface area contributed by atoms with Crippen molar-refractivity contribution in [2.75, 3.05) is 9.80 Å². The highest BCUT2D eigenvalue weighted by molar-refractivity contribution is 5.74. The highest BCUT2D eigenvalue weighted by atomic mass is 15.1. The molecule has 0 fully saturated rings. The molecule has 1 atom stereocenters. The fourth-order valence-corrected chi connectivity index (χ4v) is 4.51. The van der Waals surface area contributed by atoms with Crippen LogP contribution in [0.5, 0.6) is 0 Å². The van der Waals surface area contributed by atoms with E-state index in [4.69, 9.17) is 0 Å². The Labute approximate surface area is 193 Å². The Bertz CT molecular complexity index is 671. The Kier molecular flexibility index (Phi) is 12.7. The Hall–Kier alpha value is -2.22. The lowest BCUT2D eigenvalue weighted by atomic mass is 9.73. The number of anilines is 2. The average Bonchev–Trinajstić information content (AvgIpc) is 2.76. The van der Waals surface area contributed by atoms with Crippen molar-refractivity contribution in [3.63, 3.8) is 0 Å². The quantitative estimate of drug-likeness (QED) is 0.275. The molecule has 1 aromatic carbocycles. The number of rotatable bonds is 14. The fraction of sp³-hybridized carbons (Fsp3) is 0.517. The molecule has 0 heterocycles. The molecule has 31 heavy (non-hydrogen) atoms. The summed E-state index contributed by atoms with van der Waals surface area (Å²) in [5, 5.41) is 0. The van der Waals surface area contributed by atoms with Gasteiger partial charge in [0.25, 0.3) is 0 Å². The third-order valence-corrected chi connectivity index (χ3v) is 5.80. The second-order valence-corrected chi connectivity index (χ2v) is 8.54. The van der Waals surface area contributed by atoms with Gasteiger partial charge in [-0.2, -0.15) is 0 Å². The molecule has 2 nitrogen and oxygen atoms in total. The van der Waals surface area contributed by atoms with E-state index in [1.54, 1.807) is 0 Å². The number of hydrogen-bond donors (Lipinski definition) is 0. The second kappa shape index (κ2) is 14.7. The zero-order valence-electron chi connectivity index (χ0n) is 21.2. The van der Waals surface area contributed by atoms with Gasteiger partial charge >= 0.3 is 0 Å². The van der Waals surface area contributed by atoms with Crippen molar-refractivity contribution in [3.05, 3.63) is 72.9 Å². The van der Waals surface area contributed by atoms with E-state index in [0.717, 1.165) is 0 Å². The van der Waals surface area contributed by atoms with Gasteiger partial charge in [-0.25, -0.2) is 0 Å². The van der Waals surface area contributed by atoms with Crippen LogP contribution in [0.15, 0.2) is 67.3 Å². The first-order chi connectivity index (χ1) is 15.0. The van der Waals surface area contributed by atoms with Crippen LogP contribution in [0.4, 0.5) is 11.4 Å². The van der Waals surface area contributed by atoms with Gasteiger partial charge in [0.15, 0.2) is 0 Å². The molecule has 0 N–H and O–H groups in total. The highest BCUT2D eigenvalue weighted by Crippen LogP contribution is 2.46. The minimum atomic E-state index is 0.108. The van der Waals surface area contributed by atoms with E-state index in [2.05, 4.69) is 126 Å². The number of benzene rings is 1. The maximum atomic E-state index is 2.48. The summed E-state index contributed by atoms with van der Waals surface area (Å²) in [6, 6.07) is 6.75. The zero-order chi connectivity index (χ0) is 23.1. The lowest BCUT2D eigenvalue weighted by Gasteiger charge is -2.37. The molecule has 0 amide bonds. The van der Waals surface area contributed by atoms with E-state index in [0.29, 0.717) is 0 Å². The summed E-state index contributed by atoms with van der Waals surface area (Å²) in [6.07, 6.45) is 25.9. The maximum Gasteiger partial charge on any atom is 0.0507 e. The lowest BCUT2D eigenvalue weighted by molar-refractivity contribution is 0.378. The van der Waals surface area contributed by atoms with Crippen molar-refractivity contribution in [2.45, 2.75) is 98.8 Å². The molecule has 0 saturated carbocycles. The predicted octanol–water partition coefficient (Wildman–Crippen LogP) is 9.46. The van der Waals surface area contributed by atoms with Gasteiger partial charge in [0.05, 0.1) is 11.4 Å². The molecule has 0 bridgehead atoms. The van der Waals surface area contributed by atoms with Crippen molar-refractivity contribution in [3.8, 4) is 0 Å². The molecular formula is C29H46N2. The van der Waals surface area contributed by atoms with Crippen molar-refractivity contribution in [1.82, 2.24) is 0 Å². The SMILES string of the molecule is C/C=C\N(/C=C\C)c1cccc(N(/C=C\C)/C=C\C)c1C(C)(CCC)CCCCCC. The van der Waals surface area contributed by atoms with Crippen LogP contribution in [-0.4, -0.2) is 0 Å². The fourth-order valence-electron chi connectivity index (χ4n) is 4.51. The normalized spacial score (nSPS) is 14.3. The van der Waals surface area contributed by atoms with Crippen LogP contribution in [0.2, 0.25) is 0 Å². The third kappa shape index (κ3) is 7.76. The summed E-state index contributed by atoms with van der Waals surface area (Å²) < 4.78 is 0. The number of nitrogens with zero attached hydrogens (tertiary/aromatic N) is 2. The molecule has 0 saturated heterocycles. The molecule has 1 unspecified atom stereocenters. The molecule has 2 heteroatoms. The van der Waals surface area contributed by atoms with Gasteiger partial charge in [0.2, 0.25) is 0 Å². The maximum absolute atomic E-state index is 2.48. The Balaban J connectivity index is 3.77. The minimum Gasteiger partial charge on any atom is -0.324 e. The predicted molar refractivity (Wildman–Crippen MR) is 142 cm³/mol. The van der Waals surface area contributed by atoms with Crippen LogP contribution in [0.3, 0.4) is 0 Å². The largest absolute Gasteiger partial charge is 0.324 e. The Morgan fingerprint density at radius 1 is 0.677 bits per heavy atom. The van der Waals surface area contributed by atoms with Crippen molar-refractivity contribution < 1.29 is 0 Å². The summed E-state index contributed by atoms with van der Waals surface area (Å²) in [5.74, 6) is 0. The van der Waals surface area contributed by atoms with Crippen LogP contribution < -0.4 is 9.80 Å². The highest BCUT2D eigenvalue weighted by Gasteiger charge is 2.32. The number of unbranched alkanes of at least 4 members (excludes halogenated alkanes) is 3. The topological polar surface area (TPSA) is 6.48 Å². The molecule has 1 aromatic rings. The van der Waals surface area contributed by atoms with Gasteiger partial charge in [0, 0.05) is 30.4 Å². The van der Waals surface area contributed by atoms with E-state index in [-0.39, 0.29) is 5.41 Å². The van der Waals surface area contributed by atoms with Crippen molar-refractivity contribution >= 4 is 11.4 Å². The van der Waals surface area contributed by atoms with Gasteiger partial charge in [-0.3, -0.25) is 0 Å². The van der Waals surface area contributed by atoms with E-state index in [9.17, 15) is 0 Å². The summed E-state index contributed by atoms with van der Waals surface area (Å²) in [6.45, 7) is 15.4. The van der Waals surface area contributed by atoms with Gasteiger partial charge in [-0.1, -0.05) is 83.2 Å². The molecule has 0 aliphatic carbocycles. The Morgan fingerprint density at radius 2 is 1.16 bits per heavy atom. The first-order valence-electron chi connectivity index (χ1n) is 12.2. The van der Waals surface area contributed by atoms with E-state index in [1.807, 2.05) is 0 Å². The van der Waals surface area contributed by atoms with Crippen LogP contribution in [-0.2, 0) is 5.41 Å². The average molecular weight is 423 g/mol. The van der Waals surface area contributed by atoms with Crippen molar-refractivity contribution in [2.24, 2.45) is 0 Å². The molecule has 0 aliphatic heterocycles. The summed E-state index contributed by atoms with van der Waals surface area (Å²) in [7, 11) is 0. The van der Waals surface area contributed by atoms with Crippen LogP contribution in [0.1, 0.15) is 99.0 Å². The van der Waals surface area contributed by atoms with Crippen LogP contribution in [0.25, 0.3) is 0 Å². The van der Waals surface area contributed by atoms with E-state index >= 15 is 0 Å². The Morgan fingerprint density at radius 3 is 1.55 bits per heavy atom. The molecule has 1 rings (SSSR count). The van der Waals surface area contributed by atoms with Crippen LogP contribution in [0, 0.1) is 0 Å². The van der Waals surface area contributed by atoms with Crippen LogP contribution >= 0.6 is 0 Å². The smallest absolute Gasteiger partial charge is 0.0507 e. The molecule has 0 radical (unpaired) electrons. The summed E-state index contributed by atoms with van der Waals surface area (Å²) in [5.41, 5.74) is 4.11. The van der Waals surface area contributed by atoms with Crippen molar-refractivity contribution in [1.29, 1.82) is 0 Å². The molecule has 172 valence electrons. The minimum absolute atomic E-state index is 0.108.